The van der Waals surface area contributed by atoms with E-state index in [-0.39, 0.29) is 12.0 Å². The second-order valence-electron chi connectivity index (χ2n) is 5.49. The third-order valence-corrected chi connectivity index (χ3v) is 3.89. The van der Waals surface area contributed by atoms with Crippen molar-refractivity contribution in [1.29, 1.82) is 0 Å². The molecule has 0 spiro atoms. The van der Waals surface area contributed by atoms with E-state index in [4.69, 9.17) is 9.47 Å². The van der Waals surface area contributed by atoms with Crippen LogP contribution in [-0.4, -0.2) is 43.6 Å². The lowest BCUT2D eigenvalue weighted by Crippen LogP contribution is -2.31. The van der Waals surface area contributed by atoms with E-state index in [2.05, 4.69) is 10.5 Å². The van der Waals surface area contributed by atoms with Gasteiger partial charge in [-0.1, -0.05) is 12.1 Å². The van der Waals surface area contributed by atoms with Crippen LogP contribution < -0.4 is 10.3 Å². The van der Waals surface area contributed by atoms with E-state index in [0.717, 1.165) is 24.1 Å². The predicted octanol–water partition coefficient (Wildman–Crippen LogP) is 1.66. The second kappa shape index (κ2) is 6.78. The first kappa shape index (κ1) is 15.5. The van der Waals surface area contributed by atoms with Gasteiger partial charge in [0.2, 0.25) is 0 Å². The summed E-state index contributed by atoms with van der Waals surface area (Å²) in [6.45, 7) is 3.35. The fourth-order valence-electron chi connectivity index (χ4n) is 2.59. The summed E-state index contributed by atoms with van der Waals surface area (Å²) in [7, 11) is 0. The van der Waals surface area contributed by atoms with E-state index in [0.29, 0.717) is 25.5 Å². The topological polar surface area (TPSA) is 80.2 Å². The second-order valence-corrected chi connectivity index (χ2v) is 5.49. The van der Waals surface area contributed by atoms with E-state index in [1.54, 1.807) is 11.8 Å². The number of anilines is 1. The van der Waals surface area contributed by atoms with Gasteiger partial charge in [0, 0.05) is 12.3 Å². The Morgan fingerprint density at radius 2 is 2.26 bits per heavy atom. The Kier molecular flexibility index (Phi) is 4.57. The van der Waals surface area contributed by atoms with Gasteiger partial charge in [0.05, 0.1) is 12.3 Å². The van der Waals surface area contributed by atoms with Gasteiger partial charge in [-0.15, -0.1) is 0 Å². The van der Waals surface area contributed by atoms with E-state index in [1.807, 2.05) is 24.3 Å². The molecule has 2 heterocycles. The van der Waals surface area contributed by atoms with E-state index >= 15 is 0 Å². The predicted molar refractivity (Wildman–Crippen MR) is 84.5 cm³/mol. The molecule has 1 unspecified atom stereocenters. The zero-order valence-corrected chi connectivity index (χ0v) is 12.9. The number of hydrogen-bond acceptors (Lipinski definition) is 5. The molecule has 1 N–H and O–H groups in total. The Hall–Kier alpha value is -2.41. The Morgan fingerprint density at radius 1 is 1.39 bits per heavy atom. The van der Waals surface area contributed by atoms with Crippen molar-refractivity contribution in [2.24, 2.45) is 5.10 Å². The lowest BCUT2D eigenvalue weighted by molar-refractivity contribution is -0.130. The molecule has 23 heavy (non-hydrogen) atoms. The molecular weight excluding hydrogens is 298 g/mol. The summed E-state index contributed by atoms with van der Waals surface area (Å²) >= 11 is 0. The first-order chi connectivity index (χ1) is 11.1. The van der Waals surface area contributed by atoms with Crippen molar-refractivity contribution in [2.45, 2.75) is 25.9 Å². The Bertz CT molecular complexity index is 638. The molecular formula is C16H19N3O4. The molecule has 0 radical (unpaired) electrons. The van der Waals surface area contributed by atoms with Crippen LogP contribution >= 0.6 is 0 Å². The highest BCUT2D eigenvalue weighted by Gasteiger charge is 2.24. The number of hydrazone groups is 1. The lowest BCUT2D eigenvalue weighted by atomic mass is 10.1. The fourth-order valence-corrected chi connectivity index (χ4v) is 2.59. The molecule has 2 aliphatic rings. The Labute approximate surface area is 134 Å². The molecule has 2 amide bonds. The number of rotatable bonds is 4. The zero-order valence-electron chi connectivity index (χ0n) is 12.9. The maximum atomic E-state index is 11.9. The molecule has 2 saturated heterocycles. The van der Waals surface area contributed by atoms with Crippen LogP contribution in [-0.2, 0) is 14.3 Å². The number of benzene rings is 1. The normalized spacial score (nSPS) is 21.4. The molecule has 122 valence electrons. The molecule has 3 rings (SSSR count). The van der Waals surface area contributed by atoms with Crippen LogP contribution in [0.25, 0.3) is 0 Å². The third-order valence-electron chi connectivity index (χ3n) is 3.89. The molecule has 2 aliphatic heterocycles. The number of nitrogens with one attached hydrogen (secondary N) is 1. The van der Waals surface area contributed by atoms with Gasteiger partial charge in [-0.2, -0.15) is 5.10 Å². The third kappa shape index (κ3) is 3.50. The molecule has 1 atom stereocenters. The minimum absolute atomic E-state index is 0.221. The summed E-state index contributed by atoms with van der Waals surface area (Å²) in [5, 5.41) is 4.13. The van der Waals surface area contributed by atoms with Crippen LogP contribution in [0, 0.1) is 0 Å². The van der Waals surface area contributed by atoms with Gasteiger partial charge < -0.3 is 9.47 Å². The zero-order chi connectivity index (χ0) is 16.2. The van der Waals surface area contributed by atoms with Gasteiger partial charge >= 0.3 is 6.09 Å². The molecule has 2 fully saturated rings. The molecule has 7 heteroatoms. The largest absolute Gasteiger partial charge is 0.447 e. The summed E-state index contributed by atoms with van der Waals surface area (Å²) in [4.78, 5) is 25.1. The summed E-state index contributed by atoms with van der Waals surface area (Å²) in [5.74, 6) is -0.221. The van der Waals surface area contributed by atoms with Crippen LogP contribution in [0.3, 0.4) is 0 Å². The van der Waals surface area contributed by atoms with Crippen LogP contribution in [0.1, 0.15) is 25.3 Å². The number of amides is 2. The molecule has 1 aromatic carbocycles. The van der Waals surface area contributed by atoms with Crippen LogP contribution in [0.4, 0.5) is 10.5 Å². The highest BCUT2D eigenvalue weighted by Crippen LogP contribution is 2.20. The Morgan fingerprint density at radius 3 is 2.96 bits per heavy atom. The number of carbonyl (C=O) groups is 2. The number of cyclic esters (lactones) is 1. The minimum Gasteiger partial charge on any atom is -0.447 e. The average Bonchev–Trinajstić information content (AvgIpc) is 3.24. The van der Waals surface area contributed by atoms with Gasteiger partial charge in [-0.3, -0.25) is 9.69 Å². The van der Waals surface area contributed by atoms with Crippen molar-refractivity contribution in [3.8, 4) is 0 Å². The van der Waals surface area contributed by atoms with Crippen molar-refractivity contribution in [1.82, 2.24) is 5.43 Å². The van der Waals surface area contributed by atoms with Crippen LogP contribution in [0.5, 0.6) is 0 Å². The number of nitrogens with zero attached hydrogens (tertiary/aromatic N) is 2. The number of ether oxygens (including phenoxy) is 2. The first-order valence-corrected chi connectivity index (χ1v) is 7.65. The fraction of sp³-hybridized carbons (Fsp3) is 0.438. The first-order valence-electron chi connectivity index (χ1n) is 7.65. The van der Waals surface area contributed by atoms with Gasteiger partial charge in [-0.25, -0.2) is 10.2 Å². The van der Waals surface area contributed by atoms with Crippen LogP contribution in [0.2, 0.25) is 0 Å². The smallest absolute Gasteiger partial charge is 0.414 e. The van der Waals surface area contributed by atoms with Gasteiger partial charge in [-0.05, 0) is 37.5 Å². The number of hydrogen-bond donors (Lipinski definition) is 1. The highest BCUT2D eigenvalue weighted by atomic mass is 16.6. The molecule has 0 bridgehead atoms. The Balaban J connectivity index is 1.69. The van der Waals surface area contributed by atoms with Crippen molar-refractivity contribution < 1.29 is 19.1 Å². The maximum absolute atomic E-state index is 11.9. The van der Waals surface area contributed by atoms with Gasteiger partial charge in [0.25, 0.3) is 5.91 Å². The standard InChI is InChI=1S/C16H19N3O4/c1-11(17-18-15(20)14-6-3-8-22-14)12-4-2-5-13(10-12)19-7-9-23-16(19)21/h2,4-5,10,14H,3,6-9H2,1H3,(H,18,20). The molecule has 0 aromatic heterocycles. The molecule has 0 saturated carbocycles. The van der Waals surface area contributed by atoms with Crippen molar-refractivity contribution >= 4 is 23.4 Å². The summed E-state index contributed by atoms with van der Waals surface area (Å²) < 4.78 is 10.3. The van der Waals surface area contributed by atoms with Gasteiger partial charge in [0.15, 0.2) is 0 Å². The quantitative estimate of drug-likeness (QED) is 0.676. The summed E-state index contributed by atoms with van der Waals surface area (Å²) in [5.41, 5.74) is 4.78. The van der Waals surface area contributed by atoms with E-state index < -0.39 is 6.10 Å². The molecule has 1 aromatic rings. The summed E-state index contributed by atoms with van der Waals surface area (Å²) in [6, 6.07) is 7.41. The SMILES string of the molecule is CC(=NNC(=O)C1CCCO1)c1cccc(N2CCOC2=O)c1. The summed E-state index contributed by atoms with van der Waals surface area (Å²) in [6.07, 6.45) is 0.877. The molecule has 7 nitrogen and oxygen atoms in total. The van der Waals surface area contributed by atoms with Crippen molar-refractivity contribution in [2.75, 3.05) is 24.7 Å². The maximum Gasteiger partial charge on any atom is 0.414 e. The monoisotopic (exact) mass is 317 g/mol. The minimum atomic E-state index is -0.405. The lowest BCUT2D eigenvalue weighted by Gasteiger charge is -2.14. The highest BCUT2D eigenvalue weighted by molar-refractivity contribution is 6.01. The van der Waals surface area contributed by atoms with Crippen molar-refractivity contribution in [3.05, 3.63) is 29.8 Å². The number of carbonyl (C=O) groups excluding carboxylic acids is 2. The van der Waals surface area contributed by atoms with E-state index in [1.165, 1.54) is 0 Å². The van der Waals surface area contributed by atoms with Crippen LogP contribution in [0.15, 0.2) is 29.4 Å². The average molecular weight is 317 g/mol. The van der Waals surface area contributed by atoms with E-state index in [9.17, 15) is 9.59 Å². The van der Waals surface area contributed by atoms with Crippen molar-refractivity contribution in [3.63, 3.8) is 0 Å². The van der Waals surface area contributed by atoms with Gasteiger partial charge in [0.1, 0.15) is 12.7 Å². The molecule has 0 aliphatic carbocycles.